The zero-order valence-electron chi connectivity index (χ0n) is 51.1. The number of nitrogens with zero attached hydrogens (tertiary/aromatic N) is 4. The number of ether oxygens (including phenoxy) is 1. The van der Waals surface area contributed by atoms with E-state index in [9.17, 15) is 0 Å². The zero-order valence-corrected chi connectivity index (χ0v) is 53.3. The Bertz CT molecular complexity index is 4100. The first-order valence-corrected chi connectivity index (χ1v) is 29.0. The van der Waals surface area contributed by atoms with Gasteiger partial charge in [-0.3, -0.25) is 4.57 Å². The van der Waals surface area contributed by atoms with Crippen LogP contribution in [0.25, 0.3) is 50.1 Å². The fraction of sp³-hybridized carbons (Fsp3) is 0.273. The van der Waals surface area contributed by atoms with Gasteiger partial charge in [-0.05, 0) is 102 Å². The van der Waals surface area contributed by atoms with Crippen molar-refractivity contribution in [2.24, 2.45) is 0 Å². The van der Waals surface area contributed by atoms with E-state index in [1.165, 1.54) is 38.9 Å². The van der Waals surface area contributed by atoms with Crippen LogP contribution in [-0.2, 0) is 53.6 Å². The monoisotopic (exact) mass is 1270 g/mol. The van der Waals surface area contributed by atoms with Crippen LogP contribution < -0.4 is 9.30 Å². The Morgan fingerprint density at radius 2 is 0.964 bits per heavy atom. The maximum absolute atomic E-state index is 7.21. The van der Waals surface area contributed by atoms with Crippen molar-refractivity contribution in [1.29, 1.82) is 0 Å². The molecule has 424 valence electrons. The van der Waals surface area contributed by atoms with Crippen molar-refractivity contribution in [3.8, 4) is 39.8 Å². The number of benzene rings is 8. The number of aromatic nitrogens is 4. The van der Waals surface area contributed by atoms with Gasteiger partial charge in [0.15, 0.2) is 0 Å². The zero-order chi connectivity index (χ0) is 58.1. The molecule has 0 radical (unpaired) electrons. The van der Waals surface area contributed by atoms with Crippen LogP contribution >= 0.6 is 0 Å². The summed E-state index contributed by atoms with van der Waals surface area (Å²) >= 11 is 0. The van der Waals surface area contributed by atoms with E-state index in [0.717, 1.165) is 61.5 Å². The van der Waals surface area contributed by atoms with Crippen LogP contribution in [0.15, 0.2) is 200 Å². The second-order valence-corrected chi connectivity index (χ2v) is 27.1. The Hall–Kier alpha value is -7.59. The van der Waals surface area contributed by atoms with Crippen LogP contribution in [-0.4, -0.2) is 14.1 Å². The van der Waals surface area contributed by atoms with Gasteiger partial charge in [-0.2, -0.15) is 12.1 Å². The topological polar surface area (TPSA) is 35.9 Å². The summed E-state index contributed by atoms with van der Waals surface area (Å²) in [6.07, 6.45) is 6.02. The van der Waals surface area contributed by atoms with Gasteiger partial charge in [0.25, 0.3) is 6.33 Å². The average molecular weight is 1270 g/mol. The molecule has 0 amide bonds. The number of hydrogen-bond donors (Lipinski definition) is 0. The summed E-state index contributed by atoms with van der Waals surface area (Å²) in [5, 5.41) is 2.20. The summed E-state index contributed by atoms with van der Waals surface area (Å²) in [5.41, 5.74) is 15.0. The van der Waals surface area contributed by atoms with E-state index in [-0.39, 0.29) is 42.7 Å². The maximum atomic E-state index is 7.21. The van der Waals surface area contributed by atoms with E-state index < -0.39 is 10.8 Å². The Labute approximate surface area is 508 Å². The van der Waals surface area contributed by atoms with Crippen molar-refractivity contribution in [3.05, 3.63) is 269 Å². The van der Waals surface area contributed by atoms with Crippen molar-refractivity contribution in [1.82, 2.24) is 14.1 Å². The molecule has 11 aromatic rings. The van der Waals surface area contributed by atoms with Crippen molar-refractivity contribution in [2.45, 2.75) is 136 Å². The van der Waals surface area contributed by atoms with Gasteiger partial charge in [0.05, 0.1) is 17.1 Å². The van der Waals surface area contributed by atoms with E-state index in [1.807, 2.05) is 6.20 Å². The molecule has 3 heterocycles. The smallest absolute Gasteiger partial charge is 0.267 e. The van der Waals surface area contributed by atoms with Crippen LogP contribution in [0.3, 0.4) is 0 Å². The number of imidazole rings is 1. The summed E-state index contributed by atoms with van der Waals surface area (Å²) in [6, 6.07) is 77.9. The number of rotatable bonds is 12. The van der Waals surface area contributed by atoms with Gasteiger partial charge in [-0.25, -0.2) is 4.98 Å². The minimum Gasteiger partial charge on any atom is -0.510 e. The van der Waals surface area contributed by atoms with Gasteiger partial charge in [0, 0.05) is 60.5 Å². The molecule has 0 bridgehead atoms. The van der Waals surface area contributed by atoms with Gasteiger partial charge in [-0.1, -0.05) is 249 Å². The summed E-state index contributed by atoms with van der Waals surface area (Å²) < 4.78 is 14.1. The quantitative estimate of drug-likeness (QED) is 0.0903. The molecule has 0 spiro atoms. The molecule has 0 N–H and O–H groups in total. The Morgan fingerprint density at radius 3 is 1.53 bits per heavy atom. The molecule has 0 aliphatic carbocycles. The Kier molecular flexibility index (Phi) is 15.4. The summed E-state index contributed by atoms with van der Waals surface area (Å²) in [4.78, 5) is 5.06. The molecule has 0 saturated heterocycles. The predicted octanol–water partition coefficient (Wildman–Crippen LogP) is 19.0. The largest absolute Gasteiger partial charge is 0.510 e. The van der Waals surface area contributed by atoms with E-state index >= 15 is 0 Å². The summed E-state index contributed by atoms with van der Waals surface area (Å²) in [6.45, 7) is 34.6. The van der Waals surface area contributed by atoms with Gasteiger partial charge < -0.3 is 13.9 Å². The first kappa shape index (κ1) is 58.6. The fourth-order valence-electron chi connectivity index (χ4n) is 11.8. The first-order valence-electron chi connectivity index (χ1n) is 29.0. The Morgan fingerprint density at radius 1 is 0.422 bits per heavy atom. The molecule has 3 aromatic heterocycles. The second kappa shape index (κ2) is 21.9. The van der Waals surface area contributed by atoms with Crippen molar-refractivity contribution >= 4 is 21.8 Å². The van der Waals surface area contributed by atoms with Crippen LogP contribution in [0.4, 0.5) is 0 Å². The van der Waals surface area contributed by atoms with Crippen LogP contribution in [0.5, 0.6) is 11.5 Å². The van der Waals surface area contributed by atoms with Crippen LogP contribution in [0.1, 0.15) is 154 Å². The molecule has 0 aliphatic rings. The molecule has 6 heteroatoms. The third kappa shape index (κ3) is 11.2. The van der Waals surface area contributed by atoms with E-state index in [1.54, 1.807) is 0 Å². The fourth-order valence-corrected chi connectivity index (χ4v) is 11.8. The summed E-state index contributed by atoms with van der Waals surface area (Å²) in [5.74, 6) is 1.95. The van der Waals surface area contributed by atoms with Crippen molar-refractivity contribution in [3.63, 3.8) is 0 Å². The molecule has 8 aromatic carbocycles. The third-order valence-corrected chi connectivity index (χ3v) is 17.1. The molecule has 0 unspecified atom stereocenters. The van der Waals surface area contributed by atoms with Crippen LogP contribution in [0, 0.1) is 18.5 Å². The minimum atomic E-state index is -0.558. The molecule has 0 atom stereocenters. The standard InChI is InChI=1S/C77H78N4O.Pt/c1-72(2,3)57-40-41-78-69(48-57)81-67-39-36-58(75(10,11)54-30-22-17-23-31-54)47-66(67)65-38-37-63(50-68(65)81)82-64-43-53(52-28-20-16-21-29-52)42-61(49-64)79-51-80(62-45-59(73(4,5)6)44-60(46-62)74(7,8)9)71(77(14,15)56-34-26-19-27-35-56)70(79)76(12,13)55-32-24-18-25-33-55;/h16-48H,1-15H3;/q-2;. The normalized spacial score (nSPS) is 12.7. The first-order chi connectivity index (χ1) is 38.8. The van der Waals surface area contributed by atoms with Crippen LogP contribution in [0.2, 0.25) is 0 Å². The molecule has 0 saturated carbocycles. The minimum absolute atomic E-state index is 0. The van der Waals surface area contributed by atoms with E-state index in [0.29, 0.717) is 11.5 Å². The van der Waals surface area contributed by atoms with Gasteiger partial charge in [0.2, 0.25) is 0 Å². The summed E-state index contributed by atoms with van der Waals surface area (Å²) in [7, 11) is 0. The van der Waals surface area contributed by atoms with E-state index in [2.05, 4.69) is 330 Å². The molecular formula is C77H78N4OPt-2. The molecule has 83 heavy (non-hydrogen) atoms. The average Bonchev–Trinajstić information content (AvgIpc) is 3.20. The SMILES string of the molecule is CC(C)(C)c1cc(-[n+]2[c-]n(-c3[c-]c(Oc4[c-]c5c(cc4)c4cc(C(C)(C)c6ccccc6)ccc4n5-c4cc(C(C)(C)C)ccn4)cc(-c4ccccc4)c3)c(C(C)(C)c3ccccc3)c2C(C)(C)c2ccccc2)cc(C(C)(C)C)c1.[Pt]. The maximum Gasteiger partial charge on any atom is 0.267 e. The molecule has 0 aliphatic heterocycles. The van der Waals surface area contributed by atoms with Gasteiger partial charge in [0.1, 0.15) is 5.82 Å². The number of fused-ring (bicyclic) bond motifs is 3. The van der Waals surface area contributed by atoms with Crippen molar-refractivity contribution < 1.29 is 30.4 Å². The van der Waals surface area contributed by atoms with E-state index in [4.69, 9.17) is 9.72 Å². The second-order valence-electron chi connectivity index (χ2n) is 27.1. The molecule has 11 rings (SSSR count). The van der Waals surface area contributed by atoms with Crippen molar-refractivity contribution in [2.75, 3.05) is 0 Å². The number of hydrogen-bond acceptors (Lipinski definition) is 2. The predicted molar refractivity (Wildman–Crippen MR) is 340 cm³/mol. The third-order valence-electron chi connectivity index (χ3n) is 17.1. The molecule has 5 nitrogen and oxygen atoms in total. The Balaban J connectivity index is 0.00000769. The molecule has 0 fully saturated rings. The van der Waals surface area contributed by atoms with Gasteiger partial charge >= 0.3 is 0 Å². The van der Waals surface area contributed by atoms with Gasteiger partial charge in [-0.15, -0.1) is 35.2 Å². The molecular weight excluding hydrogens is 1190 g/mol. The number of pyridine rings is 1.